The molecule has 0 heterocycles. The maximum Gasteiger partial charge on any atom is 0.127 e. The first-order valence-corrected chi connectivity index (χ1v) is 7.49. The quantitative estimate of drug-likeness (QED) is 0.916. The van der Waals surface area contributed by atoms with Crippen LogP contribution in [0.2, 0.25) is 0 Å². The van der Waals surface area contributed by atoms with Crippen molar-refractivity contribution < 1.29 is 14.6 Å². The van der Waals surface area contributed by atoms with Gasteiger partial charge in [-0.05, 0) is 55.7 Å². The van der Waals surface area contributed by atoms with Gasteiger partial charge in [-0.15, -0.1) is 0 Å². The van der Waals surface area contributed by atoms with Gasteiger partial charge >= 0.3 is 0 Å². The first-order chi connectivity index (χ1) is 10.3. The second-order valence-corrected chi connectivity index (χ2v) is 5.39. The van der Waals surface area contributed by atoms with Gasteiger partial charge in [0.05, 0.1) is 6.10 Å². The van der Waals surface area contributed by atoms with E-state index in [4.69, 9.17) is 9.47 Å². The Labute approximate surface area is 125 Å². The molecular formula is C18H20O3. The van der Waals surface area contributed by atoms with Gasteiger partial charge < -0.3 is 14.6 Å². The Kier molecular flexibility index (Phi) is 4.41. The van der Waals surface area contributed by atoms with Gasteiger partial charge in [0, 0.05) is 0 Å². The van der Waals surface area contributed by atoms with Crippen molar-refractivity contribution in [2.75, 3.05) is 0 Å². The first kappa shape index (κ1) is 14.0. The molecule has 2 aromatic rings. The van der Waals surface area contributed by atoms with Gasteiger partial charge in [-0.3, -0.25) is 0 Å². The molecule has 0 amide bonds. The Morgan fingerprint density at radius 3 is 2.10 bits per heavy atom. The minimum atomic E-state index is -0.348. The molecule has 2 aromatic carbocycles. The van der Waals surface area contributed by atoms with Crippen LogP contribution >= 0.6 is 0 Å². The van der Waals surface area contributed by atoms with Crippen LogP contribution in [0.5, 0.6) is 17.2 Å². The zero-order chi connectivity index (χ0) is 14.5. The molecule has 3 heteroatoms. The van der Waals surface area contributed by atoms with E-state index in [2.05, 4.69) is 0 Å². The fourth-order valence-corrected chi connectivity index (χ4v) is 2.60. The van der Waals surface area contributed by atoms with Crippen molar-refractivity contribution in [3.05, 3.63) is 54.6 Å². The van der Waals surface area contributed by atoms with E-state index in [-0.39, 0.29) is 12.2 Å². The lowest BCUT2D eigenvalue weighted by molar-refractivity contribution is 0.00686. The van der Waals surface area contributed by atoms with Gasteiger partial charge in [0.2, 0.25) is 0 Å². The van der Waals surface area contributed by atoms with Crippen LogP contribution in [0.4, 0.5) is 0 Å². The van der Waals surface area contributed by atoms with Crippen LogP contribution in [0.3, 0.4) is 0 Å². The van der Waals surface area contributed by atoms with Crippen molar-refractivity contribution in [2.45, 2.75) is 37.9 Å². The van der Waals surface area contributed by atoms with Crippen molar-refractivity contribution in [1.82, 2.24) is 0 Å². The first-order valence-electron chi connectivity index (χ1n) is 7.49. The molecule has 1 aliphatic carbocycles. The second-order valence-electron chi connectivity index (χ2n) is 5.39. The van der Waals surface area contributed by atoms with E-state index in [1.165, 1.54) is 0 Å². The Bertz CT molecular complexity index is 550. The molecule has 3 rings (SSSR count). The molecule has 3 nitrogen and oxygen atoms in total. The highest BCUT2D eigenvalue weighted by atomic mass is 16.5. The van der Waals surface area contributed by atoms with Crippen LogP contribution in [0.25, 0.3) is 0 Å². The van der Waals surface area contributed by atoms with E-state index in [9.17, 15) is 5.11 Å². The number of benzene rings is 2. The average Bonchev–Trinajstić information content (AvgIpc) is 2.52. The topological polar surface area (TPSA) is 38.7 Å². The molecule has 1 N–H and O–H groups in total. The Morgan fingerprint density at radius 1 is 0.762 bits per heavy atom. The maximum absolute atomic E-state index is 9.93. The summed E-state index contributed by atoms with van der Waals surface area (Å²) in [7, 11) is 0. The third-order valence-electron chi connectivity index (χ3n) is 3.76. The van der Waals surface area contributed by atoms with Gasteiger partial charge in [0.15, 0.2) is 0 Å². The summed E-state index contributed by atoms with van der Waals surface area (Å²) in [5, 5.41) is 9.93. The molecule has 110 valence electrons. The smallest absolute Gasteiger partial charge is 0.127 e. The highest BCUT2D eigenvalue weighted by molar-refractivity contribution is 5.35. The van der Waals surface area contributed by atoms with Crippen molar-refractivity contribution >= 4 is 0 Å². The van der Waals surface area contributed by atoms with E-state index in [1.807, 2.05) is 54.6 Å². The number of ether oxygens (including phenoxy) is 2. The molecule has 0 aliphatic heterocycles. The van der Waals surface area contributed by atoms with Gasteiger partial charge in [0.1, 0.15) is 23.4 Å². The summed E-state index contributed by atoms with van der Waals surface area (Å²) in [6.07, 6.45) is 3.53. The Balaban J connectivity index is 1.61. The van der Waals surface area contributed by atoms with Crippen LogP contribution in [0, 0.1) is 0 Å². The van der Waals surface area contributed by atoms with E-state index in [0.717, 1.165) is 42.9 Å². The Morgan fingerprint density at radius 2 is 1.38 bits per heavy atom. The third kappa shape index (κ3) is 3.76. The standard InChI is InChI=1S/C18H20O3/c19-17-8-4-5-9-18(17)21-16-12-10-15(11-13-16)20-14-6-2-1-3-7-14/h1-3,6-7,10-13,17-19H,4-5,8-9H2/t17-,18-/m1/s1. The van der Waals surface area contributed by atoms with Gasteiger partial charge in [-0.2, -0.15) is 0 Å². The van der Waals surface area contributed by atoms with Gasteiger partial charge in [-0.1, -0.05) is 24.6 Å². The van der Waals surface area contributed by atoms with Crippen LogP contribution < -0.4 is 9.47 Å². The molecular weight excluding hydrogens is 264 g/mol. The summed E-state index contributed by atoms with van der Waals surface area (Å²) >= 11 is 0. The minimum Gasteiger partial charge on any atom is -0.488 e. The monoisotopic (exact) mass is 284 g/mol. The summed E-state index contributed by atoms with van der Waals surface area (Å²) < 4.78 is 11.6. The highest BCUT2D eigenvalue weighted by Crippen LogP contribution is 2.27. The lowest BCUT2D eigenvalue weighted by atomic mass is 9.95. The third-order valence-corrected chi connectivity index (χ3v) is 3.76. The predicted molar refractivity (Wildman–Crippen MR) is 81.8 cm³/mol. The normalized spacial score (nSPS) is 21.8. The molecule has 2 atom stereocenters. The van der Waals surface area contributed by atoms with Crippen LogP contribution in [-0.2, 0) is 0 Å². The fraction of sp³-hybridized carbons (Fsp3) is 0.333. The lowest BCUT2D eigenvalue weighted by Crippen LogP contribution is -2.34. The number of hydrogen-bond donors (Lipinski definition) is 1. The summed E-state index contributed by atoms with van der Waals surface area (Å²) in [6.45, 7) is 0. The summed E-state index contributed by atoms with van der Waals surface area (Å²) in [5.74, 6) is 2.37. The molecule has 1 aliphatic rings. The molecule has 1 saturated carbocycles. The molecule has 0 spiro atoms. The number of aliphatic hydroxyl groups excluding tert-OH is 1. The molecule has 1 fully saturated rings. The number of hydrogen-bond acceptors (Lipinski definition) is 3. The van der Waals surface area contributed by atoms with E-state index in [0.29, 0.717) is 0 Å². The summed E-state index contributed by atoms with van der Waals surface area (Å²) in [4.78, 5) is 0. The van der Waals surface area contributed by atoms with Crippen molar-refractivity contribution in [3.8, 4) is 17.2 Å². The maximum atomic E-state index is 9.93. The number of rotatable bonds is 4. The van der Waals surface area contributed by atoms with E-state index in [1.54, 1.807) is 0 Å². The van der Waals surface area contributed by atoms with Crippen LogP contribution in [-0.4, -0.2) is 17.3 Å². The molecule has 0 radical (unpaired) electrons. The van der Waals surface area contributed by atoms with Crippen LogP contribution in [0.15, 0.2) is 54.6 Å². The molecule has 0 unspecified atom stereocenters. The average molecular weight is 284 g/mol. The minimum absolute atomic E-state index is 0.0837. The largest absolute Gasteiger partial charge is 0.488 e. The van der Waals surface area contributed by atoms with E-state index >= 15 is 0 Å². The summed E-state index contributed by atoms with van der Waals surface area (Å²) in [6, 6.07) is 17.2. The van der Waals surface area contributed by atoms with Crippen molar-refractivity contribution in [1.29, 1.82) is 0 Å². The Hall–Kier alpha value is -2.00. The second kappa shape index (κ2) is 6.64. The SMILES string of the molecule is O[C@@H]1CCCC[C@H]1Oc1ccc(Oc2ccccc2)cc1. The molecule has 21 heavy (non-hydrogen) atoms. The van der Waals surface area contributed by atoms with Crippen molar-refractivity contribution in [3.63, 3.8) is 0 Å². The molecule has 0 bridgehead atoms. The fourth-order valence-electron chi connectivity index (χ4n) is 2.60. The van der Waals surface area contributed by atoms with E-state index < -0.39 is 0 Å². The zero-order valence-electron chi connectivity index (χ0n) is 11.9. The zero-order valence-corrected chi connectivity index (χ0v) is 11.9. The van der Waals surface area contributed by atoms with Gasteiger partial charge in [0.25, 0.3) is 0 Å². The highest BCUT2D eigenvalue weighted by Gasteiger charge is 2.24. The predicted octanol–water partition coefficient (Wildman–Crippen LogP) is 4.16. The summed E-state index contributed by atoms with van der Waals surface area (Å²) in [5.41, 5.74) is 0. The number of para-hydroxylation sites is 1. The number of aliphatic hydroxyl groups is 1. The van der Waals surface area contributed by atoms with Crippen LogP contribution in [0.1, 0.15) is 25.7 Å². The molecule has 0 saturated heterocycles. The van der Waals surface area contributed by atoms with Gasteiger partial charge in [-0.25, -0.2) is 0 Å². The lowest BCUT2D eigenvalue weighted by Gasteiger charge is -2.28. The van der Waals surface area contributed by atoms with Crippen molar-refractivity contribution in [2.24, 2.45) is 0 Å². The molecule has 0 aromatic heterocycles.